The number of hydrogen-bond acceptors (Lipinski definition) is 4. The van der Waals surface area contributed by atoms with E-state index in [1.54, 1.807) is 0 Å². The zero-order chi connectivity index (χ0) is 5.41. The standard InChI is InChI=1S/2CHNO.6CH4.Sn.2H/c2*2-1-3;;;;;;;;;/h2*2H;6*1H4;;;. The summed E-state index contributed by atoms with van der Waals surface area (Å²) in [6, 6.07) is 0. The van der Waals surface area contributed by atoms with Crippen molar-refractivity contribution in [3.63, 3.8) is 0 Å². The summed E-state index contributed by atoms with van der Waals surface area (Å²) in [6.07, 6.45) is 1.50. The van der Waals surface area contributed by atoms with Crippen molar-refractivity contribution in [2.75, 3.05) is 0 Å². The summed E-state index contributed by atoms with van der Waals surface area (Å²) in [5.41, 5.74) is 0. The van der Waals surface area contributed by atoms with Crippen molar-refractivity contribution in [1.82, 2.24) is 0 Å². The number of hydrogen-bond donors (Lipinski definition) is 2. The Morgan fingerprint density at radius 3 is 0.615 bits per heavy atom. The van der Waals surface area contributed by atoms with E-state index in [4.69, 9.17) is 20.4 Å². The van der Waals surface area contributed by atoms with E-state index >= 15 is 0 Å². The second-order valence-electron chi connectivity index (χ2n) is 0.204. The van der Waals surface area contributed by atoms with Gasteiger partial charge in [0.25, 0.3) is 0 Å². The van der Waals surface area contributed by atoms with E-state index < -0.39 is 0 Å². The van der Waals surface area contributed by atoms with E-state index in [0.717, 1.165) is 12.2 Å². The van der Waals surface area contributed by atoms with Gasteiger partial charge in [-0.1, -0.05) is 44.6 Å². The van der Waals surface area contributed by atoms with E-state index in [1.807, 2.05) is 0 Å². The molecule has 0 amide bonds. The first-order valence-electron chi connectivity index (χ1n) is 0.908. The monoisotopic (exact) mass is 304 g/mol. The Kier molecular flexibility index (Phi) is 5410. The molecule has 0 atom stereocenters. The van der Waals surface area contributed by atoms with Crippen molar-refractivity contribution >= 4 is 36.1 Å². The van der Waals surface area contributed by atoms with Crippen molar-refractivity contribution in [1.29, 1.82) is 10.8 Å². The third kappa shape index (κ3) is 5420. The summed E-state index contributed by atoms with van der Waals surface area (Å²) >= 11 is 0. The Morgan fingerprint density at radius 2 is 0.615 bits per heavy atom. The summed E-state index contributed by atoms with van der Waals surface area (Å²) in [5, 5.41) is 10.8. The molecular formula is C8H28N2O2Sn. The van der Waals surface area contributed by atoms with Gasteiger partial charge < -0.3 is 0 Å². The molecule has 0 aromatic carbocycles. The van der Waals surface area contributed by atoms with Gasteiger partial charge in [-0.2, -0.15) is 0 Å². The summed E-state index contributed by atoms with van der Waals surface area (Å²) in [5.74, 6) is 0. The van der Waals surface area contributed by atoms with Gasteiger partial charge in [0.2, 0.25) is 12.2 Å². The van der Waals surface area contributed by atoms with Gasteiger partial charge in [0.1, 0.15) is 0 Å². The van der Waals surface area contributed by atoms with Gasteiger partial charge in [-0.05, 0) is 0 Å². The minimum absolute atomic E-state index is 0. The predicted molar refractivity (Wildman–Crippen MR) is 65.8 cm³/mol. The molecule has 0 aliphatic rings. The fraction of sp³-hybridized carbons (Fsp3) is 0.750. The van der Waals surface area contributed by atoms with Crippen molar-refractivity contribution < 1.29 is 9.59 Å². The number of rotatable bonds is 0. The van der Waals surface area contributed by atoms with Gasteiger partial charge in [0, 0.05) is 0 Å². The zero-order valence-corrected chi connectivity index (χ0v) is 7.56. The van der Waals surface area contributed by atoms with Crippen LogP contribution in [0.15, 0.2) is 0 Å². The Balaban J connectivity index is -0.00000000229. The minimum atomic E-state index is 0. The molecule has 13 heavy (non-hydrogen) atoms. The molecular weight excluding hydrogens is 275 g/mol. The van der Waals surface area contributed by atoms with E-state index in [0.29, 0.717) is 0 Å². The average molecular weight is 303 g/mol. The summed E-state index contributed by atoms with van der Waals surface area (Å²) < 4.78 is 0. The van der Waals surface area contributed by atoms with Crippen molar-refractivity contribution in [2.24, 2.45) is 0 Å². The van der Waals surface area contributed by atoms with Gasteiger partial charge in [0.15, 0.2) is 0 Å². The van der Waals surface area contributed by atoms with Gasteiger partial charge in [0.05, 0.1) is 0 Å². The molecule has 0 heterocycles. The molecule has 5 heteroatoms. The van der Waals surface area contributed by atoms with Crippen LogP contribution in [0.25, 0.3) is 0 Å². The second kappa shape index (κ2) is 530. The Labute approximate surface area is 101 Å². The predicted octanol–water partition coefficient (Wildman–Crippen LogP) is 2.70. The summed E-state index contributed by atoms with van der Waals surface area (Å²) in [4.78, 5) is 16.7. The fourth-order valence-corrected chi connectivity index (χ4v) is 0. The molecule has 86 valence electrons. The Morgan fingerprint density at radius 1 is 0.615 bits per heavy atom. The molecule has 2 N–H and O–H groups in total. The molecule has 0 saturated heterocycles. The second-order valence-corrected chi connectivity index (χ2v) is 0.204. The first kappa shape index (κ1) is 132. The molecule has 0 aromatic heterocycles. The number of carbonyl (C=O) groups excluding carboxylic acids is 2. The number of nitrogens with one attached hydrogen (secondary N) is 2. The van der Waals surface area contributed by atoms with Crippen LogP contribution in [0.3, 0.4) is 0 Å². The topological polar surface area (TPSA) is 81.8 Å². The Bertz CT molecular complexity index is 74.1. The van der Waals surface area contributed by atoms with Crippen LogP contribution in [-0.2, 0) is 9.59 Å². The van der Waals surface area contributed by atoms with Gasteiger partial charge in [-0.25, -0.2) is 20.4 Å². The van der Waals surface area contributed by atoms with Gasteiger partial charge >= 0.3 is 23.9 Å². The molecule has 0 aromatic rings. The third-order valence-electron chi connectivity index (χ3n) is 0. The van der Waals surface area contributed by atoms with Crippen molar-refractivity contribution in [3.05, 3.63) is 0 Å². The first-order valence-corrected chi connectivity index (χ1v) is 0.908. The van der Waals surface area contributed by atoms with Crippen LogP contribution in [-0.4, -0.2) is 36.1 Å². The molecule has 2 radical (unpaired) electrons. The van der Waals surface area contributed by atoms with E-state index in [2.05, 4.69) is 0 Å². The average Bonchev–Trinajstić information content (AvgIpc) is 1.39. The van der Waals surface area contributed by atoms with Gasteiger partial charge in [-0.3, -0.25) is 0 Å². The summed E-state index contributed by atoms with van der Waals surface area (Å²) in [6.45, 7) is 0. The maximum absolute atomic E-state index is 8.35. The van der Waals surface area contributed by atoms with Crippen LogP contribution in [0.5, 0.6) is 0 Å². The van der Waals surface area contributed by atoms with Crippen molar-refractivity contribution in [2.45, 2.75) is 44.6 Å². The molecule has 0 saturated carbocycles. The fourth-order valence-electron chi connectivity index (χ4n) is 0. The molecule has 0 fully saturated rings. The summed E-state index contributed by atoms with van der Waals surface area (Å²) in [7, 11) is 0. The molecule has 0 rings (SSSR count). The maximum atomic E-state index is 8.35. The van der Waals surface area contributed by atoms with E-state index in [1.165, 1.54) is 0 Å². The molecule has 0 aliphatic heterocycles. The van der Waals surface area contributed by atoms with Crippen LogP contribution in [0.4, 0.5) is 0 Å². The van der Waals surface area contributed by atoms with Crippen molar-refractivity contribution in [3.8, 4) is 0 Å². The zero-order valence-electron chi connectivity index (χ0n) is 3.52. The molecule has 0 bridgehead atoms. The van der Waals surface area contributed by atoms with Crippen LogP contribution in [0, 0.1) is 10.8 Å². The third-order valence-corrected chi connectivity index (χ3v) is 0. The van der Waals surface area contributed by atoms with Crippen LogP contribution < -0.4 is 0 Å². The quantitative estimate of drug-likeness (QED) is 0.410. The van der Waals surface area contributed by atoms with E-state index in [-0.39, 0.29) is 68.5 Å². The molecule has 4 nitrogen and oxygen atoms in total. The normalized spacial score (nSPS) is 1.23. The molecule has 0 aliphatic carbocycles. The number of isocyanates is 2. The van der Waals surface area contributed by atoms with Crippen LogP contribution in [0.2, 0.25) is 0 Å². The SMILES string of the molecule is C.C.C.C.C.C.N=C=O.N=C=O.[SnH2]. The molecule has 0 spiro atoms. The Hall–Kier alpha value is -0.441. The van der Waals surface area contributed by atoms with Crippen LogP contribution >= 0.6 is 0 Å². The molecule has 0 unspecified atom stereocenters. The van der Waals surface area contributed by atoms with E-state index in [9.17, 15) is 0 Å². The first-order chi connectivity index (χ1) is 2.83. The van der Waals surface area contributed by atoms with Crippen LogP contribution in [0.1, 0.15) is 44.6 Å². The van der Waals surface area contributed by atoms with Gasteiger partial charge in [-0.15, -0.1) is 0 Å².